The largest absolute Gasteiger partial charge is 0.404 e. The number of aliphatic imine (C=N–C) groups is 1. The molecule has 2 fully saturated rings. The van der Waals surface area contributed by atoms with Gasteiger partial charge in [-0.15, -0.1) is 0 Å². The van der Waals surface area contributed by atoms with Crippen molar-refractivity contribution in [3.63, 3.8) is 0 Å². The molecule has 5 rings (SSSR count). The molecule has 0 saturated carbocycles. The second kappa shape index (κ2) is 11.2. The summed E-state index contributed by atoms with van der Waals surface area (Å²) in [7, 11) is 0. The number of hydrogen-bond donors (Lipinski definition) is 2. The highest BCUT2D eigenvalue weighted by atomic mass is 19.1. The lowest BCUT2D eigenvalue weighted by Crippen LogP contribution is -2.36. The zero-order valence-electron chi connectivity index (χ0n) is 20.1. The summed E-state index contributed by atoms with van der Waals surface area (Å²) in [5.74, 6) is -1.15. The van der Waals surface area contributed by atoms with Gasteiger partial charge >= 0.3 is 0 Å². The van der Waals surface area contributed by atoms with Crippen LogP contribution in [0.3, 0.4) is 0 Å². The first-order valence-electron chi connectivity index (χ1n) is 12.3. The Morgan fingerprint density at radius 2 is 1.92 bits per heavy atom. The summed E-state index contributed by atoms with van der Waals surface area (Å²) in [4.78, 5) is 16.0. The molecular weight excluding hydrogens is 462 g/mol. The third-order valence-electron chi connectivity index (χ3n) is 6.72. The van der Waals surface area contributed by atoms with Gasteiger partial charge in [-0.3, -0.25) is 14.9 Å². The number of halogens is 2. The molecule has 2 saturated heterocycles. The number of para-hydroxylation sites is 1. The third kappa shape index (κ3) is 5.43. The van der Waals surface area contributed by atoms with Gasteiger partial charge in [0.05, 0.1) is 42.2 Å². The SMILES string of the molecule is N/C=C(\C=NC1CCNCC1)c1cnc2cccc(-c3cc(F)c(CN4CCOCC4)c(F)c3)c2n1. The smallest absolute Gasteiger partial charge is 0.131 e. The number of nitrogens with one attached hydrogen (secondary N) is 1. The van der Waals surface area contributed by atoms with Crippen LogP contribution < -0.4 is 11.1 Å². The maximum atomic E-state index is 15.1. The molecule has 9 heteroatoms. The Balaban J connectivity index is 1.46. The number of piperidine rings is 1. The molecule has 0 unspecified atom stereocenters. The van der Waals surface area contributed by atoms with Crippen LogP contribution in [0.2, 0.25) is 0 Å². The highest BCUT2D eigenvalue weighted by molar-refractivity contribution is 6.09. The van der Waals surface area contributed by atoms with E-state index in [4.69, 9.17) is 15.5 Å². The number of benzene rings is 2. The molecule has 3 N–H and O–H groups in total. The number of hydrogen-bond acceptors (Lipinski definition) is 7. The molecule has 36 heavy (non-hydrogen) atoms. The van der Waals surface area contributed by atoms with E-state index in [1.54, 1.807) is 18.5 Å². The standard InChI is InChI=1S/C27H30F2N6O/c28-23-12-18(13-24(29)22(23)17-35-8-10-36-11-9-35)21-2-1-3-25-27(21)34-26(16-33-25)19(14-30)15-32-20-4-6-31-7-5-20/h1-3,12-16,20,31H,4-11,17,30H2/b19-14+,32-15?. The van der Waals surface area contributed by atoms with Gasteiger partial charge in [-0.05, 0) is 49.7 Å². The van der Waals surface area contributed by atoms with Crippen molar-refractivity contribution < 1.29 is 13.5 Å². The van der Waals surface area contributed by atoms with Crippen molar-refractivity contribution >= 4 is 22.8 Å². The summed E-state index contributed by atoms with van der Waals surface area (Å²) in [6.45, 7) is 4.55. The Morgan fingerprint density at radius 1 is 1.17 bits per heavy atom. The Labute approximate surface area is 209 Å². The van der Waals surface area contributed by atoms with E-state index in [0.717, 1.165) is 25.9 Å². The van der Waals surface area contributed by atoms with Crippen LogP contribution in [0.15, 0.2) is 47.7 Å². The Kier molecular flexibility index (Phi) is 7.60. The molecule has 0 bridgehead atoms. The van der Waals surface area contributed by atoms with Crippen LogP contribution in [0.4, 0.5) is 8.78 Å². The number of aromatic nitrogens is 2. The number of allylic oxidation sites excluding steroid dienone is 1. The molecule has 2 aromatic carbocycles. The highest BCUT2D eigenvalue weighted by Gasteiger charge is 2.19. The molecule has 3 heterocycles. The van der Waals surface area contributed by atoms with Crippen molar-refractivity contribution in [3.05, 3.63) is 65.6 Å². The molecule has 1 aromatic heterocycles. The molecule has 0 radical (unpaired) electrons. The van der Waals surface area contributed by atoms with Crippen LogP contribution >= 0.6 is 0 Å². The topological polar surface area (TPSA) is 88.7 Å². The fraction of sp³-hybridized carbons (Fsp3) is 0.370. The fourth-order valence-electron chi connectivity index (χ4n) is 4.63. The molecule has 0 atom stereocenters. The average molecular weight is 493 g/mol. The maximum Gasteiger partial charge on any atom is 0.131 e. The first-order valence-corrected chi connectivity index (χ1v) is 12.3. The minimum Gasteiger partial charge on any atom is -0.404 e. The van der Waals surface area contributed by atoms with E-state index >= 15 is 8.78 Å². The van der Waals surface area contributed by atoms with E-state index in [9.17, 15) is 0 Å². The van der Waals surface area contributed by atoms with Crippen molar-refractivity contribution in [1.29, 1.82) is 0 Å². The molecular formula is C27H30F2N6O. The van der Waals surface area contributed by atoms with Crippen LogP contribution in [0.25, 0.3) is 27.7 Å². The van der Waals surface area contributed by atoms with Crippen LogP contribution in [0.1, 0.15) is 24.1 Å². The number of ether oxygens (including phenoxy) is 1. The van der Waals surface area contributed by atoms with Gasteiger partial charge in [0.1, 0.15) is 11.6 Å². The number of fused-ring (bicyclic) bond motifs is 1. The molecule has 3 aromatic rings. The zero-order chi connectivity index (χ0) is 24.9. The number of nitrogens with zero attached hydrogens (tertiary/aromatic N) is 4. The van der Waals surface area contributed by atoms with Gasteiger partial charge in [-0.25, -0.2) is 13.8 Å². The molecule has 7 nitrogen and oxygen atoms in total. The lowest BCUT2D eigenvalue weighted by atomic mass is 10.0. The second-order valence-corrected chi connectivity index (χ2v) is 9.12. The lowest BCUT2D eigenvalue weighted by Gasteiger charge is -2.27. The van der Waals surface area contributed by atoms with E-state index < -0.39 is 11.6 Å². The summed E-state index contributed by atoms with van der Waals surface area (Å²) in [5, 5.41) is 3.33. The zero-order valence-corrected chi connectivity index (χ0v) is 20.1. The summed E-state index contributed by atoms with van der Waals surface area (Å²) in [6, 6.07) is 8.42. The molecule has 0 spiro atoms. The first-order chi connectivity index (χ1) is 17.6. The lowest BCUT2D eigenvalue weighted by molar-refractivity contribution is 0.0332. The van der Waals surface area contributed by atoms with E-state index in [2.05, 4.69) is 15.3 Å². The molecule has 0 amide bonds. The number of rotatable bonds is 6. The number of morpholine rings is 1. The second-order valence-electron chi connectivity index (χ2n) is 9.12. The normalized spacial score (nSPS) is 18.3. The van der Waals surface area contributed by atoms with Crippen LogP contribution in [0, 0.1) is 11.6 Å². The number of nitrogens with two attached hydrogens (primary N) is 1. The average Bonchev–Trinajstić information content (AvgIpc) is 2.92. The van der Waals surface area contributed by atoms with E-state index in [1.165, 1.54) is 18.3 Å². The van der Waals surface area contributed by atoms with Crippen molar-refractivity contribution in [2.24, 2.45) is 10.7 Å². The fourth-order valence-corrected chi connectivity index (χ4v) is 4.63. The first kappa shape index (κ1) is 24.4. The monoisotopic (exact) mass is 492 g/mol. The predicted molar refractivity (Wildman–Crippen MR) is 138 cm³/mol. The quantitative estimate of drug-likeness (QED) is 0.512. The van der Waals surface area contributed by atoms with E-state index in [0.29, 0.717) is 59.7 Å². The highest BCUT2D eigenvalue weighted by Crippen LogP contribution is 2.30. The van der Waals surface area contributed by atoms with Gasteiger partial charge in [-0.2, -0.15) is 0 Å². The van der Waals surface area contributed by atoms with Gasteiger partial charge in [0.25, 0.3) is 0 Å². The minimum atomic E-state index is -0.575. The summed E-state index contributed by atoms with van der Waals surface area (Å²) in [5.41, 5.74) is 9.36. The van der Waals surface area contributed by atoms with Crippen molar-refractivity contribution in [1.82, 2.24) is 20.2 Å². The van der Waals surface area contributed by atoms with Crippen LogP contribution in [0.5, 0.6) is 0 Å². The summed E-state index contributed by atoms with van der Waals surface area (Å²) in [6.07, 6.45) is 6.80. The van der Waals surface area contributed by atoms with Crippen LogP contribution in [-0.4, -0.2) is 66.5 Å². The molecule has 2 aliphatic rings. The van der Waals surface area contributed by atoms with Crippen molar-refractivity contribution in [2.45, 2.75) is 25.4 Å². The third-order valence-corrected chi connectivity index (χ3v) is 6.72. The Hall–Kier alpha value is -3.27. The van der Waals surface area contributed by atoms with Crippen LogP contribution in [-0.2, 0) is 11.3 Å². The van der Waals surface area contributed by atoms with Crippen molar-refractivity contribution in [2.75, 3.05) is 39.4 Å². The van der Waals surface area contributed by atoms with Gasteiger partial charge in [0.15, 0.2) is 0 Å². The summed E-state index contributed by atoms with van der Waals surface area (Å²) >= 11 is 0. The van der Waals surface area contributed by atoms with Crippen molar-refractivity contribution in [3.8, 4) is 11.1 Å². The minimum absolute atomic E-state index is 0.0649. The van der Waals surface area contributed by atoms with E-state index in [1.807, 2.05) is 17.0 Å². The van der Waals surface area contributed by atoms with E-state index in [-0.39, 0.29) is 18.2 Å². The van der Waals surface area contributed by atoms with Gasteiger partial charge in [-0.1, -0.05) is 12.1 Å². The van der Waals surface area contributed by atoms with Gasteiger partial charge in [0, 0.05) is 48.7 Å². The predicted octanol–water partition coefficient (Wildman–Crippen LogP) is 3.53. The molecule has 0 aliphatic carbocycles. The molecule has 2 aliphatic heterocycles. The maximum absolute atomic E-state index is 15.1. The Morgan fingerprint density at radius 3 is 2.64 bits per heavy atom. The van der Waals surface area contributed by atoms with Gasteiger partial charge in [0.2, 0.25) is 0 Å². The summed E-state index contributed by atoms with van der Waals surface area (Å²) < 4.78 is 35.6. The Bertz CT molecular complexity index is 1260. The molecule has 188 valence electrons. The van der Waals surface area contributed by atoms with Gasteiger partial charge < -0.3 is 15.8 Å².